The molecule has 2 aliphatic rings. The molecule has 0 aromatic rings. The lowest BCUT2D eigenvalue weighted by atomic mass is 9.63. The molecular weight excluding hydrogens is 268 g/mol. The summed E-state index contributed by atoms with van der Waals surface area (Å²) in [6, 6.07) is 0.0880. The highest BCUT2D eigenvalue weighted by Gasteiger charge is 2.56. The number of rotatable bonds is 5. The van der Waals surface area contributed by atoms with E-state index in [9.17, 15) is 9.59 Å². The van der Waals surface area contributed by atoms with Crippen molar-refractivity contribution in [2.75, 3.05) is 13.2 Å². The van der Waals surface area contributed by atoms with E-state index in [1.54, 1.807) is 4.90 Å². The highest BCUT2D eigenvalue weighted by molar-refractivity contribution is 5.98. The zero-order chi connectivity index (χ0) is 15.8. The summed E-state index contributed by atoms with van der Waals surface area (Å²) < 4.78 is 5.74. The van der Waals surface area contributed by atoms with E-state index in [4.69, 9.17) is 4.74 Å². The average molecular weight is 296 g/mol. The molecule has 0 spiro atoms. The van der Waals surface area contributed by atoms with E-state index in [2.05, 4.69) is 19.2 Å². The van der Waals surface area contributed by atoms with Crippen LogP contribution in [-0.2, 0) is 14.3 Å². The number of nitrogens with zero attached hydrogens (tertiary/aromatic N) is 1. The number of amides is 2. The first-order valence-electron chi connectivity index (χ1n) is 8.06. The molecule has 21 heavy (non-hydrogen) atoms. The SMILES string of the molecule is CCOC1CC(N2CC(=O)NC(CC)(CC)C2=O)C1(C)C. The van der Waals surface area contributed by atoms with Crippen LogP contribution in [0.2, 0.25) is 0 Å². The molecule has 1 saturated heterocycles. The molecule has 1 N–H and O–H groups in total. The predicted octanol–water partition coefficient (Wildman–Crippen LogP) is 1.71. The Morgan fingerprint density at radius 1 is 1.24 bits per heavy atom. The van der Waals surface area contributed by atoms with Crippen LogP contribution >= 0.6 is 0 Å². The Morgan fingerprint density at radius 3 is 2.33 bits per heavy atom. The Bertz CT molecular complexity index is 429. The second-order valence-corrected chi connectivity index (χ2v) is 6.79. The van der Waals surface area contributed by atoms with Crippen LogP contribution in [0.3, 0.4) is 0 Å². The first-order chi connectivity index (χ1) is 9.82. The molecule has 1 aliphatic heterocycles. The lowest BCUT2D eigenvalue weighted by Crippen LogP contribution is -2.73. The molecular formula is C16H28N2O3. The lowest BCUT2D eigenvalue weighted by molar-refractivity contribution is -0.179. The topological polar surface area (TPSA) is 58.6 Å². The van der Waals surface area contributed by atoms with Crippen LogP contribution < -0.4 is 5.32 Å². The van der Waals surface area contributed by atoms with Gasteiger partial charge in [0.2, 0.25) is 11.8 Å². The maximum atomic E-state index is 12.9. The second-order valence-electron chi connectivity index (χ2n) is 6.79. The van der Waals surface area contributed by atoms with Crippen LogP contribution in [0.5, 0.6) is 0 Å². The third kappa shape index (κ3) is 2.45. The molecule has 5 heteroatoms. The lowest BCUT2D eigenvalue weighted by Gasteiger charge is -2.58. The first kappa shape index (κ1) is 16.3. The monoisotopic (exact) mass is 296 g/mol. The summed E-state index contributed by atoms with van der Waals surface area (Å²) in [5.41, 5.74) is -0.821. The number of carbonyl (C=O) groups is 2. The molecule has 2 rings (SSSR count). The summed E-state index contributed by atoms with van der Waals surface area (Å²) in [4.78, 5) is 26.8. The largest absolute Gasteiger partial charge is 0.378 e. The van der Waals surface area contributed by atoms with E-state index in [0.717, 1.165) is 6.42 Å². The highest BCUT2D eigenvalue weighted by Crippen LogP contribution is 2.47. The van der Waals surface area contributed by atoms with E-state index in [-0.39, 0.29) is 35.9 Å². The van der Waals surface area contributed by atoms with Gasteiger partial charge in [0.1, 0.15) is 5.54 Å². The van der Waals surface area contributed by atoms with Gasteiger partial charge in [-0.1, -0.05) is 27.7 Å². The van der Waals surface area contributed by atoms with E-state index < -0.39 is 5.54 Å². The number of ether oxygens (including phenoxy) is 1. The predicted molar refractivity (Wildman–Crippen MR) is 80.8 cm³/mol. The fraction of sp³-hybridized carbons (Fsp3) is 0.875. The first-order valence-corrected chi connectivity index (χ1v) is 8.06. The van der Waals surface area contributed by atoms with Crippen molar-refractivity contribution in [1.29, 1.82) is 0 Å². The molecule has 1 heterocycles. The Hall–Kier alpha value is -1.10. The summed E-state index contributed by atoms with van der Waals surface area (Å²) in [7, 11) is 0. The van der Waals surface area contributed by atoms with Gasteiger partial charge in [-0.3, -0.25) is 9.59 Å². The van der Waals surface area contributed by atoms with Crippen LogP contribution in [0.15, 0.2) is 0 Å². The summed E-state index contributed by atoms with van der Waals surface area (Å²) in [5.74, 6) is 0.0223. The molecule has 0 radical (unpaired) electrons. The molecule has 1 aliphatic carbocycles. The van der Waals surface area contributed by atoms with Crippen molar-refractivity contribution in [2.45, 2.75) is 71.6 Å². The number of carbonyl (C=O) groups excluding carboxylic acids is 2. The van der Waals surface area contributed by atoms with Gasteiger partial charge < -0.3 is 15.0 Å². The maximum absolute atomic E-state index is 12.9. The standard InChI is InChI=1S/C16H28N2O3/c1-6-16(7-2)14(20)18(10-13(19)17-16)11-9-12(21-8-3)15(11,4)5/h11-12H,6-10H2,1-5H3,(H,17,19). The van der Waals surface area contributed by atoms with Crippen LogP contribution in [0.25, 0.3) is 0 Å². The van der Waals surface area contributed by atoms with E-state index in [1.165, 1.54) is 0 Å². The van der Waals surface area contributed by atoms with Crippen LogP contribution in [0.1, 0.15) is 53.9 Å². The average Bonchev–Trinajstić information content (AvgIpc) is 2.45. The molecule has 2 unspecified atom stereocenters. The molecule has 120 valence electrons. The number of hydrogen-bond acceptors (Lipinski definition) is 3. The Morgan fingerprint density at radius 2 is 1.86 bits per heavy atom. The summed E-state index contributed by atoms with van der Waals surface area (Å²) in [6.45, 7) is 11.0. The van der Waals surface area contributed by atoms with Crippen molar-refractivity contribution >= 4 is 11.8 Å². The second kappa shape index (κ2) is 5.59. The number of piperazine rings is 1. The molecule has 2 fully saturated rings. The minimum atomic E-state index is -0.720. The molecule has 2 atom stereocenters. The van der Waals surface area contributed by atoms with Gasteiger partial charge in [-0.05, 0) is 26.2 Å². The van der Waals surface area contributed by atoms with Crippen molar-refractivity contribution in [1.82, 2.24) is 10.2 Å². The molecule has 0 bridgehead atoms. The van der Waals surface area contributed by atoms with Gasteiger partial charge in [-0.2, -0.15) is 0 Å². The van der Waals surface area contributed by atoms with Crippen LogP contribution in [0.4, 0.5) is 0 Å². The molecule has 5 nitrogen and oxygen atoms in total. The van der Waals surface area contributed by atoms with Crippen molar-refractivity contribution in [2.24, 2.45) is 5.41 Å². The molecule has 2 amide bonds. The number of hydrogen-bond donors (Lipinski definition) is 1. The van der Waals surface area contributed by atoms with Gasteiger partial charge in [-0.15, -0.1) is 0 Å². The van der Waals surface area contributed by atoms with E-state index in [0.29, 0.717) is 19.4 Å². The van der Waals surface area contributed by atoms with Gasteiger partial charge in [0.25, 0.3) is 0 Å². The summed E-state index contributed by atoms with van der Waals surface area (Å²) in [6.07, 6.45) is 2.26. The van der Waals surface area contributed by atoms with Gasteiger partial charge in [0.05, 0.1) is 12.6 Å². The minimum Gasteiger partial charge on any atom is -0.378 e. The Labute approximate surface area is 127 Å². The van der Waals surface area contributed by atoms with Crippen molar-refractivity contribution in [3.05, 3.63) is 0 Å². The number of nitrogens with one attached hydrogen (secondary N) is 1. The van der Waals surface area contributed by atoms with Crippen LogP contribution in [-0.4, -0.2) is 47.6 Å². The zero-order valence-corrected chi connectivity index (χ0v) is 13.9. The van der Waals surface area contributed by atoms with Crippen molar-refractivity contribution in [3.8, 4) is 0 Å². The highest BCUT2D eigenvalue weighted by atomic mass is 16.5. The summed E-state index contributed by atoms with van der Waals surface area (Å²) >= 11 is 0. The fourth-order valence-corrected chi connectivity index (χ4v) is 3.72. The molecule has 0 aromatic carbocycles. The van der Waals surface area contributed by atoms with Gasteiger partial charge >= 0.3 is 0 Å². The van der Waals surface area contributed by atoms with Gasteiger partial charge in [0.15, 0.2) is 0 Å². The maximum Gasteiger partial charge on any atom is 0.249 e. The quantitative estimate of drug-likeness (QED) is 0.840. The van der Waals surface area contributed by atoms with Crippen molar-refractivity contribution < 1.29 is 14.3 Å². The minimum absolute atomic E-state index is 0.0473. The smallest absolute Gasteiger partial charge is 0.249 e. The van der Waals surface area contributed by atoms with Crippen molar-refractivity contribution in [3.63, 3.8) is 0 Å². The third-order valence-electron chi connectivity index (χ3n) is 5.44. The fourth-order valence-electron chi connectivity index (χ4n) is 3.72. The van der Waals surface area contributed by atoms with Crippen LogP contribution in [0, 0.1) is 5.41 Å². The summed E-state index contributed by atoms with van der Waals surface area (Å²) in [5, 5.41) is 2.91. The molecule has 0 aromatic heterocycles. The van der Waals surface area contributed by atoms with E-state index >= 15 is 0 Å². The van der Waals surface area contributed by atoms with Gasteiger partial charge in [-0.25, -0.2) is 0 Å². The normalized spacial score (nSPS) is 30.8. The molecule has 1 saturated carbocycles. The van der Waals surface area contributed by atoms with Gasteiger partial charge in [0, 0.05) is 18.1 Å². The van der Waals surface area contributed by atoms with E-state index in [1.807, 2.05) is 20.8 Å². The third-order valence-corrected chi connectivity index (χ3v) is 5.44. The zero-order valence-electron chi connectivity index (χ0n) is 13.9. The Balaban J connectivity index is 2.20. The Kier molecular flexibility index (Phi) is 4.34.